The summed E-state index contributed by atoms with van der Waals surface area (Å²) in [6.45, 7) is 9.57. The van der Waals surface area contributed by atoms with Gasteiger partial charge in [0.25, 0.3) is 0 Å². The topological polar surface area (TPSA) is 77.2 Å². The number of benzene rings is 2. The minimum Gasteiger partial charge on any atom is -0.588 e. The van der Waals surface area contributed by atoms with Gasteiger partial charge >= 0.3 is 6.36 Å². The van der Waals surface area contributed by atoms with Gasteiger partial charge in [-0.15, -0.1) is 19.8 Å². The fourth-order valence-electron chi connectivity index (χ4n) is 5.69. The van der Waals surface area contributed by atoms with E-state index in [4.69, 9.17) is 9.52 Å². The van der Waals surface area contributed by atoms with Gasteiger partial charge in [-0.25, -0.2) is 0 Å². The smallest absolute Gasteiger partial charge is 0.522 e. The summed E-state index contributed by atoms with van der Waals surface area (Å²) in [6.07, 6.45) is 4.14. The molecule has 1 aromatic heterocycles. The Hall–Kier alpha value is -3.28. The molecule has 0 N–H and O–H groups in total. The van der Waals surface area contributed by atoms with E-state index in [1.807, 2.05) is 26.1 Å². The predicted molar refractivity (Wildman–Crippen MR) is 173 cm³/mol. The summed E-state index contributed by atoms with van der Waals surface area (Å²) in [7, 11) is 3.62. The van der Waals surface area contributed by atoms with Crippen molar-refractivity contribution in [3.05, 3.63) is 77.6 Å². The number of halogens is 3. The lowest BCUT2D eigenvalue weighted by molar-refractivity contribution is -0.330. The van der Waals surface area contributed by atoms with Gasteiger partial charge in [0.2, 0.25) is 5.82 Å². The average molecular weight is 645 g/mol. The third kappa shape index (κ3) is 8.51. The Morgan fingerprint density at radius 3 is 2.49 bits per heavy atom. The molecule has 7 nitrogen and oxygen atoms in total. The lowest BCUT2D eigenvalue weighted by Crippen LogP contribution is -2.31. The van der Waals surface area contributed by atoms with Crippen molar-refractivity contribution in [2.24, 2.45) is 4.99 Å². The van der Waals surface area contributed by atoms with Gasteiger partial charge in [-0.2, -0.15) is 4.31 Å². The number of aliphatic imine (C=N–C) groups is 1. The maximum Gasteiger partial charge on any atom is 0.522 e. The second-order valence-corrected chi connectivity index (χ2v) is 13.1. The maximum absolute atomic E-state index is 13.8. The highest BCUT2D eigenvalue weighted by atomic mass is 32.2. The quantitative estimate of drug-likeness (QED) is 0.0802. The maximum atomic E-state index is 13.8. The van der Waals surface area contributed by atoms with Crippen LogP contribution in [0.25, 0.3) is 11.1 Å². The van der Waals surface area contributed by atoms with Gasteiger partial charge < -0.3 is 14.0 Å². The third-order valence-electron chi connectivity index (χ3n) is 8.42. The summed E-state index contributed by atoms with van der Waals surface area (Å²) in [5, 5.41) is 4.05. The zero-order chi connectivity index (χ0) is 32.8. The number of hydrogen-bond acceptors (Lipinski definition) is 6. The fourth-order valence-corrected chi connectivity index (χ4v) is 6.88. The molecule has 0 aliphatic heterocycles. The standard InChI is InChI=1S/C34H43F3N4O3S/c1-7-9-16-31(38-33(8-2)19-12-13-20-33)40(5)22-26-17-18-28(27(21-26)23-43-34(35,36)37)29-14-10-11-15-30(29)45(42)41(6)32-24(3)25(4)44-39-32/h8,10-11,14-15,17-18,21H,2,7,9,12-13,16,19-20,22-23H2,1,3-6H3/b38-31-. The van der Waals surface area contributed by atoms with E-state index in [-0.39, 0.29) is 5.54 Å². The largest absolute Gasteiger partial charge is 0.588 e. The minimum atomic E-state index is -4.81. The Morgan fingerprint density at radius 1 is 1.16 bits per heavy atom. The van der Waals surface area contributed by atoms with Crippen molar-refractivity contribution in [2.75, 3.05) is 18.4 Å². The van der Waals surface area contributed by atoms with Crippen LogP contribution in [0.5, 0.6) is 0 Å². The summed E-state index contributed by atoms with van der Waals surface area (Å²) in [5.74, 6) is 2.01. The van der Waals surface area contributed by atoms with E-state index in [0.717, 1.165) is 61.9 Å². The van der Waals surface area contributed by atoms with Crippen molar-refractivity contribution < 1.29 is 27.0 Å². The van der Waals surface area contributed by atoms with Crippen LogP contribution >= 0.6 is 0 Å². The molecule has 3 aromatic rings. The zero-order valence-electron chi connectivity index (χ0n) is 26.7. The van der Waals surface area contributed by atoms with E-state index >= 15 is 0 Å². The molecule has 0 spiro atoms. The second kappa shape index (κ2) is 14.9. The van der Waals surface area contributed by atoms with Gasteiger partial charge in [0.15, 0.2) is 4.90 Å². The van der Waals surface area contributed by atoms with Gasteiger partial charge in [0.1, 0.15) is 17.1 Å². The van der Waals surface area contributed by atoms with Crippen molar-refractivity contribution >= 4 is 23.0 Å². The van der Waals surface area contributed by atoms with Crippen LogP contribution in [0.4, 0.5) is 19.0 Å². The van der Waals surface area contributed by atoms with Crippen molar-refractivity contribution in [1.82, 2.24) is 10.1 Å². The Morgan fingerprint density at radius 2 is 1.87 bits per heavy atom. The summed E-state index contributed by atoms with van der Waals surface area (Å²) in [5.41, 5.74) is 2.69. The molecule has 244 valence electrons. The molecule has 1 unspecified atom stereocenters. The zero-order valence-corrected chi connectivity index (χ0v) is 27.6. The van der Waals surface area contributed by atoms with Crippen LogP contribution < -0.4 is 4.31 Å². The van der Waals surface area contributed by atoms with Crippen LogP contribution in [0.15, 0.2) is 69.5 Å². The Kier molecular flexibility index (Phi) is 11.4. The van der Waals surface area contributed by atoms with Gasteiger partial charge in [0.05, 0.1) is 25.0 Å². The summed E-state index contributed by atoms with van der Waals surface area (Å²) in [4.78, 5) is 7.71. The van der Waals surface area contributed by atoms with Crippen molar-refractivity contribution in [1.29, 1.82) is 0 Å². The van der Waals surface area contributed by atoms with E-state index in [1.165, 1.54) is 4.31 Å². The van der Waals surface area contributed by atoms with Crippen molar-refractivity contribution in [3.63, 3.8) is 0 Å². The predicted octanol–water partition coefficient (Wildman–Crippen LogP) is 8.67. The highest BCUT2D eigenvalue weighted by Gasteiger charge is 2.33. The number of anilines is 1. The number of rotatable bonds is 13. The SMILES string of the molecule is C=CC1(/N=C(/CCCC)N(C)Cc2ccc(-c3ccccc3[S+]([O-])N(C)c3noc(C)c3C)c(COC(F)(F)F)c2)CCCC1. The highest BCUT2D eigenvalue weighted by Crippen LogP contribution is 2.37. The number of ether oxygens (including phenoxy) is 1. The lowest BCUT2D eigenvalue weighted by atomic mass is 9.97. The number of hydrogen-bond donors (Lipinski definition) is 0. The normalized spacial score (nSPS) is 15.7. The fraction of sp³-hybridized carbons (Fsp3) is 0.471. The molecule has 2 aromatic carbocycles. The molecule has 0 amide bonds. The first-order valence-corrected chi connectivity index (χ1v) is 16.4. The van der Waals surface area contributed by atoms with Crippen molar-refractivity contribution in [2.45, 2.75) is 95.7 Å². The first-order valence-electron chi connectivity index (χ1n) is 15.3. The molecular formula is C34H43F3N4O3S. The molecule has 1 heterocycles. The Labute approximate surface area is 267 Å². The molecule has 0 radical (unpaired) electrons. The molecule has 0 saturated heterocycles. The second-order valence-electron chi connectivity index (χ2n) is 11.7. The van der Waals surface area contributed by atoms with E-state index in [9.17, 15) is 17.7 Å². The van der Waals surface area contributed by atoms with Crippen molar-refractivity contribution in [3.8, 4) is 11.1 Å². The molecular weight excluding hydrogens is 601 g/mol. The van der Waals surface area contributed by atoms with E-state index < -0.39 is 24.3 Å². The summed E-state index contributed by atoms with van der Waals surface area (Å²) >= 11 is -1.73. The lowest BCUT2D eigenvalue weighted by Gasteiger charge is -2.28. The monoisotopic (exact) mass is 644 g/mol. The van der Waals surface area contributed by atoms with E-state index in [2.05, 4.69) is 28.3 Å². The Balaban J connectivity index is 1.69. The summed E-state index contributed by atoms with van der Waals surface area (Å²) in [6, 6.07) is 12.4. The molecule has 4 rings (SSSR count). The van der Waals surface area contributed by atoms with Crippen LogP contribution in [-0.4, -0.2) is 46.4 Å². The molecule has 45 heavy (non-hydrogen) atoms. The number of unbranched alkanes of at least 4 members (excludes halogenated alkanes) is 1. The van der Waals surface area contributed by atoms with Crippen LogP contribution in [0, 0.1) is 13.8 Å². The van der Waals surface area contributed by atoms with E-state index in [0.29, 0.717) is 39.7 Å². The molecule has 0 bridgehead atoms. The molecule has 1 saturated carbocycles. The van der Waals surface area contributed by atoms with Gasteiger partial charge in [-0.3, -0.25) is 9.73 Å². The van der Waals surface area contributed by atoms with Crippen LogP contribution in [-0.2, 0) is 29.3 Å². The molecule has 11 heteroatoms. The average Bonchev–Trinajstić information content (AvgIpc) is 3.63. The molecule has 1 atom stereocenters. The first kappa shape index (κ1) is 34.6. The first-order chi connectivity index (χ1) is 21.4. The molecule has 1 fully saturated rings. The number of aromatic nitrogens is 1. The Bertz CT molecular complexity index is 1480. The number of amidine groups is 1. The number of nitrogens with zero attached hydrogens (tertiary/aromatic N) is 4. The molecule has 1 aliphatic carbocycles. The van der Waals surface area contributed by atoms with Crippen LogP contribution in [0.1, 0.15) is 74.3 Å². The van der Waals surface area contributed by atoms with Gasteiger partial charge in [-0.1, -0.05) is 67.8 Å². The minimum absolute atomic E-state index is 0.261. The van der Waals surface area contributed by atoms with Gasteiger partial charge in [0, 0.05) is 31.1 Å². The highest BCUT2D eigenvalue weighted by molar-refractivity contribution is 7.93. The van der Waals surface area contributed by atoms with Crippen LogP contribution in [0.3, 0.4) is 0 Å². The summed E-state index contributed by atoms with van der Waals surface area (Å²) < 4.78 is 64.8. The number of aryl methyl sites for hydroxylation is 1. The van der Waals surface area contributed by atoms with Gasteiger partial charge in [-0.05, 0) is 61.9 Å². The third-order valence-corrected chi connectivity index (χ3v) is 9.82. The van der Waals surface area contributed by atoms with Crippen LogP contribution in [0.2, 0.25) is 0 Å². The number of alkyl halides is 3. The molecule has 1 aliphatic rings. The van der Waals surface area contributed by atoms with E-state index in [1.54, 1.807) is 50.4 Å².